The van der Waals surface area contributed by atoms with Crippen LogP contribution in [0.4, 0.5) is 51.2 Å². The first-order valence-corrected chi connectivity index (χ1v) is 48.8. The number of fused-ring (bicyclic) bond motifs is 3. The van der Waals surface area contributed by atoms with E-state index in [4.69, 9.17) is 0 Å². The molecule has 0 aliphatic heterocycles. The summed E-state index contributed by atoms with van der Waals surface area (Å²) in [5, 5.41) is 0. The number of nitrogens with one attached hydrogen (secondary N) is 3. The average molecular weight is 1800 g/mol. The van der Waals surface area contributed by atoms with Crippen LogP contribution in [-0.4, -0.2) is 163 Å². The molecule has 0 saturated carbocycles. The molecule has 12 heteroatoms. The van der Waals surface area contributed by atoms with Crippen LogP contribution in [-0.2, 0) is 0 Å². The lowest BCUT2D eigenvalue weighted by atomic mass is 9.83. The van der Waals surface area contributed by atoms with E-state index in [9.17, 15) is 0 Å². The van der Waals surface area contributed by atoms with Gasteiger partial charge in [0, 0.05) is 197 Å². The van der Waals surface area contributed by atoms with Crippen molar-refractivity contribution in [3.63, 3.8) is 0 Å². The molecular formula is C124H142N12+4. The summed E-state index contributed by atoms with van der Waals surface area (Å²) in [7, 11) is 20.9. The summed E-state index contributed by atoms with van der Waals surface area (Å²) < 4.78 is 2.27. The van der Waals surface area contributed by atoms with E-state index in [1.54, 1.807) is 0 Å². The molecule has 0 spiro atoms. The highest BCUT2D eigenvalue weighted by molar-refractivity contribution is 6.20. The number of hydrogen-bond acceptors (Lipinski definition) is 8. The summed E-state index contributed by atoms with van der Waals surface area (Å²) in [6.07, 6.45) is 22.4. The molecule has 12 aromatic carbocycles. The van der Waals surface area contributed by atoms with E-state index in [1.807, 2.05) is 6.07 Å². The zero-order chi connectivity index (χ0) is 96.3. The van der Waals surface area contributed by atoms with Crippen LogP contribution in [0.1, 0.15) is 147 Å². The Morgan fingerprint density at radius 2 is 0.485 bits per heavy atom. The van der Waals surface area contributed by atoms with Crippen LogP contribution in [0.5, 0.6) is 0 Å². The largest absolute Gasteiger partial charge is 0.378 e. The Morgan fingerprint density at radius 1 is 0.235 bits per heavy atom. The molecule has 3 N–H and O–H groups in total. The molecule has 0 aromatic heterocycles. The molecule has 12 nitrogen and oxygen atoms in total. The maximum absolute atomic E-state index is 3.61. The van der Waals surface area contributed by atoms with E-state index in [2.05, 4.69) is 550 Å². The third-order valence-electron chi connectivity index (χ3n) is 26.1. The van der Waals surface area contributed by atoms with E-state index in [0.717, 1.165) is 76.8 Å². The van der Waals surface area contributed by atoms with Crippen LogP contribution in [0.25, 0.3) is 39.0 Å². The fraction of sp³-hybridized carbons (Fsp3) is 0.242. The number of hydrogen-bond donors (Lipinski definition) is 3. The fourth-order valence-electron chi connectivity index (χ4n) is 18.1. The third-order valence-corrected chi connectivity index (χ3v) is 26.1. The normalized spacial score (nSPS) is 13.8. The summed E-state index contributed by atoms with van der Waals surface area (Å²) in [6.45, 7) is 31.8. The summed E-state index contributed by atoms with van der Waals surface area (Å²) in [6, 6.07) is 108. The Bertz CT molecular complexity index is 6270. The van der Waals surface area contributed by atoms with Crippen molar-refractivity contribution in [3.8, 4) is 0 Å². The van der Waals surface area contributed by atoms with Crippen molar-refractivity contribution in [1.29, 1.82) is 0 Å². The predicted octanol–water partition coefficient (Wildman–Crippen LogP) is 21.6. The van der Waals surface area contributed by atoms with Gasteiger partial charge in [0.2, 0.25) is 22.8 Å². The van der Waals surface area contributed by atoms with Gasteiger partial charge in [0.15, 0.2) is 5.71 Å². The van der Waals surface area contributed by atoms with Gasteiger partial charge in [-0.2, -0.15) is 0 Å². The van der Waals surface area contributed by atoms with E-state index in [1.165, 1.54) is 185 Å². The van der Waals surface area contributed by atoms with E-state index in [-0.39, 0.29) is 0 Å². The number of allylic oxidation sites excluding steroid dienone is 14. The van der Waals surface area contributed by atoms with Gasteiger partial charge in [-0.1, -0.05) is 170 Å². The third kappa shape index (κ3) is 23.8. The Morgan fingerprint density at radius 3 is 0.750 bits per heavy atom. The van der Waals surface area contributed by atoms with Gasteiger partial charge in [-0.25, -0.2) is 19.6 Å². The van der Waals surface area contributed by atoms with Crippen molar-refractivity contribution >= 4 is 113 Å². The predicted molar refractivity (Wildman–Crippen MR) is 591 cm³/mol. The minimum Gasteiger partial charge on any atom is -0.378 e. The maximum atomic E-state index is 3.61. The zero-order valence-electron chi connectivity index (χ0n) is 84.2. The smallest absolute Gasteiger partial charge is 0.211 e. The standard InChI is InChI=1S/C33H31N3.C32H37N3.C30H40N3.C29H31N3/c1-35(2)27-18-14-24(15-19-27)33(25-16-20-28(21-17-25)36(3)4)31-22-23-32(30-13-9-8-12-29(30)31)34-26-10-6-5-7-11-26;1-6-33-31-23-22-30(28-12-10-11-13-29(28)31)32(24-14-18-26(19-15-24)34(5)7-2)25-16-20-27(21-17-25)35(8-3)9-4;1-7-31(6)27-18-12-24(13-19-27)30(25-14-20-28(21-15-25)32(8-2)9-3)26-16-22-29(23-17-26)33(10-4)11-5;1-6-30-28-20-19-27(25-9-7-8-10-26(25)28)29(21-11-15-23(16-12-21)31(2)3)22-13-17-24(18-14-22)32(4)5/h5-23H,1-4H3;10-23H,6-9H2,1-5H3;12-23H,7-11H2,1-6H3;7-20H,6H2,1-5H3/q;;+1;/p+3. The Hall–Kier alpha value is -14.6. The number of nitrogens with zero attached hydrogens (tertiary/aromatic N) is 9. The van der Waals surface area contributed by atoms with Gasteiger partial charge in [-0.05, 0) is 321 Å². The molecule has 0 atom stereocenters. The molecule has 0 bridgehead atoms. The zero-order valence-corrected chi connectivity index (χ0v) is 84.2. The molecule has 4 aliphatic rings. The van der Waals surface area contributed by atoms with Gasteiger partial charge in [-0.15, -0.1) is 0 Å². The SMILES string of the molecule is CCN(CC)c1ccc(C(=C2C=CC(=[N+](C)CC)C=C2)c2ccc(N(CC)CC)cc2)cc1.CC[NH+]=C1C=CC(=C(c2ccc(N(C)C)cc2)c2ccc(N(C)C)cc2)c2ccccc21.CC[NH+]=C1C=CC(=C(c2ccc(N(C)CC)cc2)c2ccc(N(CC)CC)cc2)c2ccccc21.CN(C)c1ccc(C(=C2C=CC(=[NH+]c3ccccc3)c3ccccc32)c2ccc(N(C)C)cc2)cc1. The van der Waals surface area contributed by atoms with Crippen LogP contribution in [0.15, 0.2) is 364 Å². The second kappa shape index (κ2) is 47.8. The number of para-hydroxylation sites is 1. The topological polar surface area (TPSA) is 70.8 Å². The van der Waals surface area contributed by atoms with E-state index < -0.39 is 0 Å². The summed E-state index contributed by atoms with van der Waals surface area (Å²) in [5.41, 5.74) is 42.9. The minimum absolute atomic E-state index is 0.901. The molecule has 0 unspecified atom stereocenters. The lowest BCUT2D eigenvalue weighted by Gasteiger charge is -2.23. The molecule has 0 saturated heterocycles. The highest BCUT2D eigenvalue weighted by Crippen LogP contribution is 2.43. The average Bonchev–Trinajstić information content (AvgIpc) is 0.781. The van der Waals surface area contributed by atoms with Gasteiger partial charge >= 0.3 is 0 Å². The monoisotopic (exact) mass is 1800 g/mol. The fourth-order valence-corrected chi connectivity index (χ4v) is 18.1. The molecule has 4 aliphatic carbocycles. The van der Waals surface area contributed by atoms with Crippen LogP contribution in [0, 0.1) is 0 Å². The van der Waals surface area contributed by atoms with Crippen molar-refractivity contribution < 1.29 is 19.6 Å². The van der Waals surface area contributed by atoms with Crippen LogP contribution < -0.4 is 54.2 Å². The molecule has 0 heterocycles. The lowest BCUT2D eigenvalue weighted by Crippen LogP contribution is -2.72. The van der Waals surface area contributed by atoms with Crippen LogP contribution in [0.2, 0.25) is 0 Å². The number of anilines is 8. The van der Waals surface area contributed by atoms with Crippen molar-refractivity contribution in [2.24, 2.45) is 0 Å². The highest BCUT2D eigenvalue weighted by atomic mass is 15.1. The van der Waals surface area contributed by atoms with Gasteiger partial charge in [-0.3, -0.25) is 0 Å². The minimum atomic E-state index is 0.901. The van der Waals surface area contributed by atoms with Crippen molar-refractivity contribution in [1.82, 2.24) is 0 Å². The van der Waals surface area contributed by atoms with Crippen LogP contribution >= 0.6 is 0 Å². The molecule has 694 valence electrons. The van der Waals surface area contributed by atoms with Gasteiger partial charge in [0.05, 0.1) is 16.7 Å². The van der Waals surface area contributed by atoms with Gasteiger partial charge < -0.3 is 39.2 Å². The van der Waals surface area contributed by atoms with E-state index >= 15 is 0 Å². The second-order valence-corrected chi connectivity index (χ2v) is 35.2. The Balaban J connectivity index is 0.000000154. The first-order valence-electron chi connectivity index (χ1n) is 48.8. The molecular weight excluding hydrogens is 1660 g/mol. The van der Waals surface area contributed by atoms with Crippen LogP contribution in [0.3, 0.4) is 0 Å². The summed E-state index contributed by atoms with van der Waals surface area (Å²) >= 11 is 0. The quantitative estimate of drug-likeness (QED) is 0.0440. The molecule has 12 aromatic rings. The molecule has 16 rings (SSSR count). The molecule has 0 radical (unpaired) electrons. The first-order chi connectivity index (χ1) is 66.2. The number of rotatable bonds is 27. The molecule has 136 heavy (non-hydrogen) atoms. The molecule has 0 amide bonds. The van der Waals surface area contributed by atoms with Crippen molar-refractivity contribution in [2.45, 2.75) is 69.2 Å². The number of benzene rings is 12. The summed E-state index contributed by atoms with van der Waals surface area (Å²) in [4.78, 5) is 28.6. The van der Waals surface area contributed by atoms with Crippen molar-refractivity contribution in [2.75, 3.05) is 175 Å². The lowest BCUT2D eigenvalue weighted by molar-refractivity contribution is -0.491. The second-order valence-electron chi connectivity index (χ2n) is 35.2. The van der Waals surface area contributed by atoms with Gasteiger partial charge in [0.1, 0.15) is 26.7 Å². The van der Waals surface area contributed by atoms with E-state index in [0.29, 0.717) is 0 Å². The highest BCUT2D eigenvalue weighted by Gasteiger charge is 2.28. The Labute approximate surface area is 813 Å². The maximum Gasteiger partial charge on any atom is 0.211 e. The molecule has 0 fully saturated rings. The first kappa shape index (κ1) is 98.9. The van der Waals surface area contributed by atoms with Gasteiger partial charge in [0.25, 0.3) is 0 Å². The Kier molecular flexibility index (Phi) is 34.8. The summed E-state index contributed by atoms with van der Waals surface area (Å²) in [5.74, 6) is 0. The van der Waals surface area contributed by atoms with Crippen molar-refractivity contribution in [3.05, 3.63) is 441 Å².